The number of carboxylic acid groups (broad SMARTS) is 1. The Morgan fingerprint density at radius 1 is 1.00 bits per heavy atom. The summed E-state index contributed by atoms with van der Waals surface area (Å²) in [6.07, 6.45) is -0.629. The summed E-state index contributed by atoms with van der Waals surface area (Å²) in [5.74, 6) is -0.757. The van der Waals surface area contributed by atoms with E-state index in [2.05, 4.69) is 0 Å². The summed E-state index contributed by atoms with van der Waals surface area (Å²) in [7, 11) is 0. The molecule has 0 amide bonds. The Kier molecular flexibility index (Phi) is 7.23. The largest absolute Gasteiger partial charge is 0.514 e. The number of rotatable bonds is 7. The summed E-state index contributed by atoms with van der Waals surface area (Å²) in [5, 5.41) is 8.05. The SMILES string of the molecule is CC(=O)SC(Cc1ccc(OC(=O)OCc2ccccc2)cc1)C(=O)O. The Bertz CT molecular complexity index is 757. The lowest BCUT2D eigenvalue weighted by Crippen LogP contribution is -2.20. The number of hydrogen-bond acceptors (Lipinski definition) is 6. The molecular weight excluding hydrogens is 356 g/mol. The molecule has 26 heavy (non-hydrogen) atoms. The Morgan fingerprint density at radius 3 is 2.23 bits per heavy atom. The second kappa shape index (κ2) is 9.62. The van der Waals surface area contributed by atoms with Gasteiger partial charge in [-0.15, -0.1) is 0 Å². The molecule has 0 spiro atoms. The fourth-order valence-electron chi connectivity index (χ4n) is 2.13. The topological polar surface area (TPSA) is 89.9 Å². The molecule has 0 bridgehead atoms. The molecule has 2 aromatic carbocycles. The summed E-state index contributed by atoms with van der Waals surface area (Å²) in [5.41, 5.74) is 1.57. The second-order valence-corrected chi connectivity index (χ2v) is 6.79. The van der Waals surface area contributed by atoms with E-state index in [1.807, 2.05) is 30.3 Å². The number of ether oxygens (including phenoxy) is 2. The molecular formula is C19H18O6S. The highest BCUT2D eigenvalue weighted by Gasteiger charge is 2.20. The van der Waals surface area contributed by atoms with Crippen LogP contribution in [0, 0.1) is 0 Å². The van der Waals surface area contributed by atoms with Crippen molar-refractivity contribution in [3.05, 3.63) is 65.7 Å². The van der Waals surface area contributed by atoms with Crippen LogP contribution in [-0.2, 0) is 27.4 Å². The molecule has 0 radical (unpaired) electrons. The lowest BCUT2D eigenvalue weighted by Gasteiger charge is -2.10. The molecule has 7 heteroatoms. The van der Waals surface area contributed by atoms with Crippen molar-refractivity contribution in [2.24, 2.45) is 0 Å². The summed E-state index contributed by atoms with van der Waals surface area (Å²) in [6, 6.07) is 15.6. The third-order valence-electron chi connectivity index (χ3n) is 3.33. The number of thioether (sulfide) groups is 1. The van der Waals surface area contributed by atoms with Gasteiger partial charge >= 0.3 is 12.1 Å². The van der Waals surface area contributed by atoms with Gasteiger partial charge in [-0.3, -0.25) is 9.59 Å². The molecule has 0 fully saturated rings. The van der Waals surface area contributed by atoms with E-state index >= 15 is 0 Å². The predicted molar refractivity (Wildman–Crippen MR) is 97.1 cm³/mol. The number of carboxylic acids is 1. The van der Waals surface area contributed by atoms with Gasteiger partial charge in [-0.1, -0.05) is 54.2 Å². The number of benzene rings is 2. The van der Waals surface area contributed by atoms with Crippen LogP contribution in [0.4, 0.5) is 4.79 Å². The average Bonchev–Trinajstić information content (AvgIpc) is 2.61. The van der Waals surface area contributed by atoms with Crippen LogP contribution in [0.5, 0.6) is 5.75 Å². The van der Waals surface area contributed by atoms with Gasteiger partial charge in [0.05, 0.1) is 0 Å². The fourth-order valence-corrected chi connectivity index (χ4v) is 2.91. The minimum Gasteiger partial charge on any atom is -0.480 e. The van der Waals surface area contributed by atoms with Gasteiger partial charge in [-0.2, -0.15) is 0 Å². The quantitative estimate of drug-likeness (QED) is 0.584. The van der Waals surface area contributed by atoms with E-state index < -0.39 is 17.4 Å². The van der Waals surface area contributed by atoms with Gasteiger partial charge in [0.15, 0.2) is 5.12 Å². The number of carbonyl (C=O) groups is 3. The number of aliphatic carboxylic acids is 1. The zero-order valence-electron chi connectivity index (χ0n) is 14.1. The highest BCUT2D eigenvalue weighted by molar-refractivity contribution is 8.14. The molecule has 2 rings (SSSR count). The average molecular weight is 374 g/mol. The molecule has 0 aromatic heterocycles. The van der Waals surface area contributed by atoms with Crippen LogP contribution in [0.1, 0.15) is 18.1 Å². The maximum Gasteiger partial charge on any atom is 0.514 e. The molecule has 0 aliphatic heterocycles. The zero-order valence-corrected chi connectivity index (χ0v) is 14.9. The second-order valence-electron chi connectivity index (χ2n) is 5.41. The van der Waals surface area contributed by atoms with Crippen LogP contribution in [-0.4, -0.2) is 27.6 Å². The minimum absolute atomic E-state index is 0.111. The predicted octanol–water partition coefficient (Wildman–Crippen LogP) is 3.68. The van der Waals surface area contributed by atoms with E-state index in [4.69, 9.17) is 14.6 Å². The van der Waals surface area contributed by atoms with E-state index in [1.165, 1.54) is 6.92 Å². The first-order valence-electron chi connectivity index (χ1n) is 7.81. The van der Waals surface area contributed by atoms with Crippen molar-refractivity contribution in [1.29, 1.82) is 0 Å². The first kappa shape index (κ1) is 19.5. The van der Waals surface area contributed by atoms with Gasteiger partial charge in [0.25, 0.3) is 0 Å². The molecule has 6 nitrogen and oxygen atoms in total. The normalized spacial score (nSPS) is 11.4. The Balaban J connectivity index is 1.87. The van der Waals surface area contributed by atoms with Gasteiger partial charge in [-0.05, 0) is 29.7 Å². The highest BCUT2D eigenvalue weighted by atomic mass is 32.2. The third-order valence-corrected chi connectivity index (χ3v) is 4.31. The molecule has 1 unspecified atom stereocenters. The summed E-state index contributed by atoms with van der Waals surface area (Å²) in [4.78, 5) is 34.0. The fraction of sp³-hybridized carbons (Fsp3) is 0.211. The van der Waals surface area contributed by atoms with E-state index in [-0.39, 0.29) is 23.9 Å². The molecule has 0 aliphatic carbocycles. The number of hydrogen-bond donors (Lipinski definition) is 1. The van der Waals surface area contributed by atoms with Crippen molar-refractivity contribution in [2.75, 3.05) is 0 Å². The molecule has 0 saturated heterocycles. The van der Waals surface area contributed by atoms with Crippen LogP contribution >= 0.6 is 11.8 Å². The van der Waals surface area contributed by atoms with Crippen LogP contribution in [0.25, 0.3) is 0 Å². The van der Waals surface area contributed by atoms with Gasteiger partial charge in [0.1, 0.15) is 17.6 Å². The van der Waals surface area contributed by atoms with E-state index in [0.29, 0.717) is 0 Å². The monoisotopic (exact) mass is 374 g/mol. The van der Waals surface area contributed by atoms with E-state index in [9.17, 15) is 14.4 Å². The molecule has 0 saturated carbocycles. The first-order valence-corrected chi connectivity index (χ1v) is 8.69. The first-order chi connectivity index (χ1) is 12.4. The van der Waals surface area contributed by atoms with Gasteiger partial charge in [0, 0.05) is 6.92 Å². The van der Waals surface area contributed by atoms with E-state index in [1.54, 1.807) is 24.3 Å². The maximum absolute atomic E-state index is 11.7. The third kappa shape index (κ3) is 6.60. The lowest BCUT2D eigenvalue weighted by molar-refractivity contribution is -0.136. The van der Waals surface area contributed by atoms with Crippen molar-refractivity contribution in [3.8, 4) is 5.75 Å². The van der Waals surface area contributed by atoms with E-state index in [0.717, 1.165) is 22.9 Å². The van der Waals surface area contributed by atoms with Crippen molar-refractivity contribution in [1.82, 2.24) is 0 Å². The maximum atomic E-state index is 11.7. The van der Waals surface area contributed by atoms with Crippen molar-refractivity contribution in [3.63, 3.8) is 0 Å². The summed E-state index contributed by atoms with van der Waals surface area (Å²) < 4.78 is 10.1. The lowest BCUT2D eigenvalue weighted by atomic mass is 10.1. The summed E-state index contributed by atoms with van der Waals surface area (Å²) >= 11 is 0.778. The van der Waals surface area contributed by atoms with Crippen LogP contribution in [0.2, 0.25) is 0 Å². The molecule has 136 valence electrons. The smallest absolute Gasteiger partial charge is 0.480 e. The Morgan fingerprint density at radius 2 is 1.65 bits per heavy atom. The number of carbonyl (C=O) groups excluding carboxylic acids is 2. The molecule has 1 N–H and O–H groups in total. The van der Waals surface area contributed by atoms with Gasteiger partial charge in [0.2, 0.25) is 0 Å². The molecule has 2 aromatic rings. The Labute approximate surface area is 155 Å². The molecule has 0 aliphatic rings. The highest BCUT2D eigenvalue weighted by Crippen LogP contribution is 2.20. The summed E-state index contributed by atoms with van der Waals surface area (Å²) in [6.45, 7) is 1.44. The van der Waals surface area contributed by atoms with Crippen LogP contribution in [0.3, 0.4) is 0 Å². The molecule has 0 heterocycles. The van der Waals surface area contributed by atoms with Crippen molar-refractivity contribution in [2.45, 2.75) is 25.2 Å². The van der Waals surface area contributed by atoms with Crippen molar-refractivity contribution < 1.29 is 29.0 Å². The zero-order chi connectivity index (χ0) is 18.9. The minimum atomic E-state index is -1.05. The van der Waals surface area contributed by atoms with Crippen molar-refractivity contribution >= 4 is 29.0 Å². The molecule has 1 atom stereocenters. The van der Waals surface area contributed by atoms with Gasteiger partial charge < -0.3 is 14.6 Å². The van der Waals surface area contributed by atoms with Gasteiger partial charge in [-0.25, -0.2) is 4.79 Å². The Hall–Kier alpha value is -2.80. The van der Waals surface area contributed by atoms with Crippen LogP contribution in [0.15, 0.2) is 54.6 Å². The standard InChI is InChI=1S/C19H18O6S/c1-13(20)26-17(18(21)22)11-14-7-9-16(10-8-14)25-19(23)24-12-15-5-3-2-4-6-15/h2-10,17H,11-12H2,1H3,(H,21,22). The van der Waals surface area contributed by atoms with Crippen LogP contribution < -0.4 is 4.74 Å².